The molecule has 0 aliphatic rings. The molecule has 0 saturated heterocycles. The van der Waals surface area contributed by atoms with E-state index >= 15 is 0 Å². The first-order valence-corrected chi connectivity index (χ1v) is 10.6. The minimum atomic E-state index is -0.557. The predicted molar refractivity (Wildman–Crippen MR) is 128 cm³/mol. The Morgan fingerprint density at radius 2 is 1.68 bits per heavy atom. The molecule has 34 heavy (non-hydrogen) atoms. The second-order valence-electron chi connectivity index (χ2n) is 7.13. The van der Waals surface area contributed by atoms with Crippen molar-refractivity contribution in [1.29, 1.82) is 0 Å². The maximum atomic E-state index is 13.0. The fraction of sp³-hybridized carbons (Fsp3) is 0.0385. The summed E-state index contributed by atoms with van der Waals surface area (Å²) in [6.07, 6.45) is 1.41. The summed E-state index contributed by atoms with van der Waals surface area (Å²) in [6.45, 7) is -0.309. The Labute approximate surface area is 199 Å². The number of hydrogen-bond donors (Lipinski definition) is 1. The Morgan fingerprint density at radius 3 is 2.44 bits per heavy atom. The highest BCUT2D eigenvalue weighted by atomic mass is 35.5. The van der Waals surface area contributed by atoms with E-state index < -0.39 is 17.7 Å². The lowest BCUT2D eigenvalue weighted by molar-refractivity contribution is -0.123. The average Bonchev–Trinajstić information content (AvgIpc) is 2.85. The highest BCUT2D eigenvalue weighted by molar-refractivity contribution is 6.30. The zero-order valence-corrected chi connectivity index (χ0v) is 18.5. The van der Waals surface area contributed by atoms with Crippen LogP contribution in [0.5, 0.6) is 11.5 Å². The molecule has 0 radical (unpaired) electrons. The second kappa shape index (κ2) is 10.6. The molecule has 0 heterocycles. The van der Waals surface area contributed by atoms with Gasteiger partial charge in [-0.25, -0.2) is 14.6 Å². The van der Waals surface area contributed by atoms with Crippen LogP contribution in [-0.2, 0) is 4.79 Å². The Bertz CT molecular complexity index is 1360. The van der Waals surface area contributed by atoms with E-state index in [2.05, 4.69) is 10.5 Å². The number of nitrogens with zero attached hydrogens (tertiary/aromatic N) is 1. The maximum absolute atomic E-state index is 13.0. The van der Waals surface area contributed by atoms with Crippen molar-refractivity contribution in [3.05, 3.63) is 107 Å². The lowest BCUT2D eigenvalue weighted by Gasteiger charge is -2.11. The van der Waals surface area contributed by atoms with Crippen molar-refractivity contribution in [2.75, 3.05) is 6.61 Å². The molecule has 0 atom stereocenters. The minimum absolute atomic E-state index is 0.277. The molecular formula is C26H18ClFN2O4. The van der Waals surface area contributed by atoms with E-state index in [4.69, 9.17) is 21.1 Å². The maximum Gasteiger partial charge on any atom is 0.343 e. The van der Waals surface area contributed by atoms with Gasteiger partial charge in [0.05, 0.1) is 11.8 Å². The van der Waals surface area contributed by atoms with Crippen LogP contribution in [0.4, 0.5) is 4.39 Å². The fourth-order valence-electron chi connectivity index (χ4n) is 3.12. The molecule has 0 unspecified atom stereocenters. The number of carbonyl (C=O) groups is 2. The van der Waals surface area contributed by atoms with Crippen molar-refractivity contribution in [2.24, 2.45) is 5.10 Å². The monoisotopic (exact) mass is 476 g/mol. The highest BCUT2D eigenvalue weighted by Crippen LogP contribution is 2.27. The number of rotatable bonds is 7. The van der Waals surface area contributed by atoms with E-state index in [-0.39, 0.29) is 12.4 Å². The number of amides is 1. The molecule has 4 aromatic rings. The molecule has 8 heteroatoms. The molecule has 0 spiro atoms. The topological polar surface area (TPSA) is 77.0 Å². The number of ether oxygens (including phenoxy) is 2. The summed E-state index contributed by atoms with van der Waals surface area (Å²) < 4.78 is 23.9. The lowest BCUT2D eigenvalue weighted by Crippen LogP contribution is -2.24. The second-order valence-corrected chi connectivity index (χ2v) is 7.57. The zero-order valence-electron chi connectivity index (χ0n) is 17.7. The molecule has 4 aromatic carbocycles. The van der Waals surface area contributed by atoms with Crippen molar-refractivity contribution in [3.63, 3.8) is 0 Å². The van der Waals surface area contributed by atoms with Crippen LogP contribution in [0.15, 0.2) is 90.0 Å². The normalized spacial score (nSPS) is 10.9. The first kappa shape index (κ1) is 22.9. The number of hydrazone groups is 1. The Balaban J connectivity index is 1.50. The van der Waals surface area contributed by atoms with Crippen molar-refractivity contribution < 1.29 is 23.5 Å². The molecule has 1 N–H and O–H groups in total. The summed E-state index contributed by atoms with van der Waals surface area (Å²) in [4.78, 5) is 24.7. The molecule has 1 amide bonds. The fourth-order valence-corrected chi connectivity index (χ4v) is 3.25. The quantitative estimate of drug-likeness (QED) is 0.168. The number of hydrogen-bond acceptors (Lipinski definition) is 5. The van der Waals surface area contributed by atoms with Crippen LogP contribution in [-0.4, -0.2) is 24.7 Å². The third-order valence-electron chi connectivity index (χ3n) is 4.78. The third kappa shape index (κ3) is 5.76. The van der Waals surface area contributed by atoms with Crippen LogP contribution < -0.4 is 14.9 Å². The molecule has 0 aromatic heterocycles. The van der Waals surface area contributed by atoms with Gasteiger partial charge in [-0.1, -0.05) is 41.9 Å². The summed E-state index contributed by atoms with van der Waals surface area (Å²) in [5.74, 6) is -0.840. The predicted octanol–water partition coefficient (Wildman–Crippen LogP) is 5.38. The number of benzene rings is 4. The average molecular weight is 477 g/mol. The van der Waals surface area contributed by atoms with Gasteiger partial charge in [0.1, 0.15) is 17.3 Å². The smallest absolute Gasteiger partial charge is 0.343 e. The summed E-state index contributed by atoms with van der Waals surface area (Å²) >= 11 is 5.89. The van der Waals surface area contributed by atoms with Crippen molar-refractivity contribution in [1.82, 2.24) is 5.43 Å². The van der Waals surface area contributed by atoms with Crippen molar-refractivity contribution >= 4 is 40.5 Å². The van der Waals surface area contributed by atoms with Gasteiger partial charge in [-0.05, 0) is 65.4 Å². The molecule has 6 nitrogen and oxygen atoms in total. The molecule has 0 aliphatic heterocycles. The Morgan fingerprint density at radius 1 is 0.941 bits per heavy atom. The van der Waals surface area contributed by atoms with Gasteiger partial charge in [-0.15, -0.1) is 0 Å². The van der Waals surface area contributed by atoms with Crippen molar-refractivity contribution in [2.45, 2.75) is 0 Å². The molecule has 0 bridgehead atoms. The highest BCUT2D eigenvalue weighted by Gasteiger charge is 2.14. The van der Waals surface area contributed by atoms with E-state index in [9.17, 15) is 14.0 Å². The lowest BCUT2D eigenvalue weighted by atomic mass is 10.0. The summed E-state index contributed by atoms with van der Waals surface area (Å²) in [6, 6.07) is 22.6. The van der Waals surface area contributed by atoms with Crippen LogP contribution in [0.2, 0.25) is 5.02 Å². The van der Waals surface area contributed by atoms with Gasteiger partial charge in [-0.3, -0.25) is 4.79 Å². The Kier molecular flexibility index (Phi) is 7.15. The largest absolute Gasteiger partial charge is 0.484 e. The first-order chi connectivity index (χ1) is 16.5. The molecular weight excluding hydrogens is 459 g/mol. The van der Waals surface area contributed by atoms with Gasteiger partial charge in [0, 0.05) is 10.6 Å². The van der Waals surface area contributed by atoms with Crippen molar-refractivity contribution in [3.8, 4) is 11.5 Å². The Hall–Kier alpha value is -4.23. The van der Waals surface area contributed by atoms with E-state index in [0.29, 0.717) is 21.9 Å². The van der Waals surface area contributed by atoms with Gasteiger partial charge in [0.15, 0.2) is 6.61 Å². The van der Waals surface area contributed by atoms with Gasteiger partial charge < -0.3 is 9.47 Å². The third-order valence-corrected chi connectivity index (χ3v) is 5.03. The van der Waals surface area contributed by atoms with E-state index in [0.717, 1.165) is 10.8 Å². The first-order valence-electron chi connectivity index (χ1n) is 10.2. The standard InChI is InChI=1S/C26H18ClFN2O4/c27-19-8-5-18(6-9-19)26(32)34-24-14-7-17-3-1-2-4-22(17)23(24)15-29-30-25(31)16-33-21-12-10-20(28)11-13-21/h1-15H,16H2,(H,30,31)/b29-15-. The van der Waals surface area contributed by atoms with Crippen LogP contribution in [0, 0.1) is 5.82 Å². The number of fused-ring (bicyclic) bond motifs is 1. The van der Waals surface area contributed by atoms with Crippen LogP contribution in [0.25, 0.3) is 10.8 Å². The van der Waals surface area contributed by atoms with E-state index in [1.165, 1.54) is 30.5 Å². The van der Waals surface area contributed by atoms with Gasteiger partial charge in [-0.2, -0.15) is 5.10 Å². The molecule has 0 fully saturated rings. The van der Waals surface area contributed by atoms with Crippen LogP contribution in [0.1, 0.15) is 15.9 Å². The van der Waals surface area contributed by atoms with Gasteiger partial charge >= 0.3 is 5.97 Å². The van der Waals surface area contributed by atoms with Crippen LogP contribution >= 0.6 is 11.6 Å². The van der Waals surface area contributed by atoms with Crippen LogP contribution in [0.3, 0.4) is 0 Å². The molecule has 4 rings (SSSR count). The SMILES string of the molecule is O=C(COc1ccc(F)cc1)N/N=C\c1c(OC(=O)c2ccc(Cl)cc2)ccc2ccccc12. The van der Waals surface area contributed by atoms with Gasteiger partial charge in [0.25, 0.3) is 5.91 Å². The summed E-state index contributed by atoms with van der Waals surface area (Å²) in [7, 11) is 0. The van der Waals surface area contributed by atoms with Gasteiger partial charge in [0.2, 0.25) is 0 Å². The summed E-state index contributed by atoms with van der Waals surface area (Å²) in [5.41, 5.74) is 3.23. The van der Waals surface area contributed by atoms with E-state index in [1.807, 2.05) is 30.3 Å². The number of esters is 1. The molecule has 170 valence electrons. The minimum Gasteiger partial charge on any atom is -0.484 e. The number of halogens is 2. The molecule has 0 aliphatic carbocycles. The number of nitrogens with one attached hydrogen (secondary N) is 1. The van der Waals surface area contributed by atoms with E-state index in [1.54, 1.807) is 30.3 Å². The zero-order chi connectivity index (χ0) is 23.9. The molecule has 0 saturated carbocycles. The number of carbonyl (C=O) groups excluding carboxylic acids is 2. The summed E-state index contributed by atoms with van der Waals surface area (Å²) in [5, 5.41) is 6.19.